The Kier molecular flexibility index (Phi) is 5.79. The van der Waals surface area contributed by atoms with E-state index in [1.807, 2.05) is 20.8 Å². The lowest BCUT2D eigenvalue weighted by atomic mass is 10.1. The summed E-state index contributed by atoms with van der Waals surface area (Å²) in [6, 6.07) is -0.870. The lowest BCUT2D eigenvalue weighted by molar-refractivity contribution is -0.138. The lowest BCUT2D eigenvalue weighted by Crippen LogP contribution is -2.30. The van der Waals surface area contributed by atoms with Gasteiger partial charge < -0.3 is 10.8 Å². The van der Waals surface area contributed by atoms with Gasteiger partial charge in [-0.15, -0.1) is 0 Å². The first kappa shape index (κ1) is 12.8. The molecule has 0 saturated carbocycles. The molecular formula is C10H18N2O2. The van der Waals surface area contributed by atoms with Gasteiger partial charge in [-0.2, -0.15) is 0 Å². The summed E-state index contributed by atoms with van der Waals surface area (Å²) >= 11 is 0. The van der Waals surface area contributed by atoms with Gasteiger partial charge in [-0.25, -0.2) is 0 Å². The minimum absolute atomic E-state index is 0.273. The van der Waals surface area contributed by atoms with Crippen LogP contribution in [0.25, 0.3) is 0 Å². The number of aliphatic carboxylic acids is 1. The van der Waals surface area contributed by atoms with E-state index in [2.05, 4.69) is 4.99 Å². The van der Waals surface area contributed by atoms with Gasteiger partial charge in [-0.3, -0.25) is 9.79 Å². The monoisotopic (exact) mass is 198 g/mol. The summed E-state index contributed by atoms with van der Waals surface area (Å²) in [4.78, 5) is 14.6. The molecule has 1 atom stereocenters. The normalized spacial score (nSPS) is 15.1. The van der Waals surface area contributed by atoms with E-state index in [-0.39, 0.29) is 6.42 Å². The van der Waals surface area contributed by atoms with E-state index in [0.29, 0.717) is 11.6 Å². The summed E-state index contributed by atoms with van der Waals surface area (Å²) < 4.78 is 0. The van der Waals surface area contributed by atoms with Gasteiger partial charge >= 0.3 is 5.97 Å². The molecule has 0 fully saturated rings. The average molecular weight is 198 g/mol. The second-order valence-corrected chi connectivity index (χ2v) is 3.45. The van der Waals surface area contributed by atoms with Crippen LogP contribution in [0.1, 0.15) is 27.2 Å². The van der Waals surface area contributed by atoms with Crippen molar-refractivity contribution in [2.24, 2.45) is 16.6 Å². The predicted molar refractivity (Wildman–Crippen MR) is 57.3 cm³/mol. The highest BCUT2D eigenvalue weighted by Gasteiger charge is 2.12. The molecule has 0 rings (SSSR count). The summed E-state index contributed by atoms with van der Waals surface area (Å²) in [6.07, 6.45) is 3.83. The van der Waals surface area contributed by atoms with E-state index in [9.17, 15) is 4.79 Å². The fourth-order valence-corrected chi connectivity index (χ4v) is 0.803. The van der Waals surface area contributed by atoms with Gasteiger partial charge in [-0.05, 0) is 12.8 Å². The van der Waals surface area contributed by atoms with Crippen molar-refractivity contribution in [2.75, 3.05) is 0 Å². The molecule has 4 heteroatoms. The zero-order chi connectivity index (χ0) is 11.1. The third kappa shape index (κ3) is 5.48. The molecule has 0 saturated heterocycles. The number of rotatable bonds is 5. The van der Waals surface area contributed by atoms with Crippen molar-refractivity contribution in [3.8, 4) is 0 Å². The number of carbonyl (C=O) groups is 1. The van der Waals surface area contributed by atoms with E-state index in [4.69, 9.17) is 10.8 Å². The van der Waals surface area contributed by atoms with Gasteiger partial charge in [-0.1, -0.05) is 19.9 Å². The number of hydrogen-bond acceptors (Lipinski definition) is 3. The topological polar surface area (TPSA) is 75.7 Å². The van der Waals surface area contributed by atoms with Crippen LogP contribution in [0.2, 0.25) is 0 Å². The van der Waals surface area contributed by atoms with Crippen molar-refractivity contribution in [2.45, 2.75) is 33.2 Å². The molecule has 0 heterocycles. The number of carboxylic acids is 1. The molecule has 4 nitrogen and oxygen atoms in total. The Morgan fingerprint density at radius 2 is 2.14 bits per heavy atom. The van der Waals surface area contributed by atoms with Crippen molar-refractivity contribution in [1.82, 2.24) is 0 Å². The molecule has 0 aliphatic carbocycles. The Labute approximate surface area is 84.5 Å². The van der Waals surface area contributed by atoms with Crippen LogP contribution in [0.4, 0.5) is 0 Å². The maximum absolute atomic E-state index is 10.5. The van der Waals surface area contributed by atoms with Crippen LogP contribution in [0.15, 0.2) is 16.8 Å². The van der Waals surface area contributed by atoms with Crippen LogP contribution in [0.5, 0.6) is 0 Å². The second-order valence-electron chi connectivity index (χ2n) is 3.45. The van der Waals surface area contributed by atoms with Crippen LogP contribution in [0, 0.1) is 5.92 Å². The Morgan fingerprint density at radius 1 is 1.57 bits per heavy atom. The average Bonchev–Trinajstić information content (AvgIpc) is 2.11. The minimum atomic E-state index is -0.996. The zero-order valence-corrected chi connectivity index (χ0v) is 8.90. The second kappa shape index (κ2) is 6.32. The van der Waals surface area contributed by atoms with Crippen molar-refractivity contribution in [1.29, 1.82) is 0 Å². The Hall–Kier alpha value is -1.16. The molecule has 80 valence electrons. The first-order valence-corrected chi connectivity index (χ1v) is 4.65. The minimum Gasteiger partial charge on any atom is -0.480 e. The number of aliphatic imine (C=N–C) groups is 1. The van der Waals surface area contributed by atoms with E-state index >= 15 is 0 Å². The van der Waals surface area contributed by atoms with Crippen molar-refractivity contribution >= 4 is 12.2 Å². The van der Waals surface area contributed by atoms with Crippen molar-refractivity contribution < 1.29 is 9.90 Å². The molecule has 0 unspecified atom stereocenters. The first-order valence-electron chi connectivity index (χ1n) is 4.65. The summed E-state index contributed by atoms with van der Waals surface area (Å²) in [5.41, 5.74) is 6.10. The smallest absolute Gasteiger partial charge is 0.320 e. The van der Waals surface area contributed by atoms with Crippen LogP contribution >= 0.6 is 0 Å². The van der Waals surface area contributed by atoms with Crippen molar-refractivity contribution in [3.05, 3.63) is 11.8 Å². The molecule has 14 heavy (non-hydrogen) atoms. The molecule has 0 bridgehead atoms. The van der Waals surface area contributed by atoms with E-state index in [0.717, 1.165) is 0 Å². The van der Waals surface area contributed by atoms with Gasteiger partial charge in [0.2, 0.25) is 0 Å². The predicted octanol–water partition coefficient (Wildman–Crippen LogP) is 1.42. The number of nitrogens with zero attached hydrogens (tertiary/aromatic N) is 1. The van der Waals surface area contributed by atoms with Gasteiger partial charge in [0.05, 0.1) is 0 Å². The Morgan fingerprint density at radius 3 is 2.50 bits per heavy atom. The maximum Gasteiger partial charge on any atom is 0.320 e. The highest BCUT2D eigenvalue weighted by atomic mass is 16.4. The van der Waals surface area contributed by atoms with Crippen LogP contribution < -0.4 is 5.73 Å². The van der Waals surface area contributed by atoms with E-state index in [1.54, 1.807) is 12.3 Å². The van der Waals surface area contributed by atoms with Crippen molar-refractivity contribution in [3.63, 3.8) is 0 Å². The summed E-state index contributed by atoms with van der Waals surface area (Å²) in [5, 5.41) is 8.60. The summed E-state index contributed by atoms with van der Waals surface area (Å²) in [5.74, 6) is -0.643. The molecule has 0 aliphatic rings. The zero-order valence-electron chi connectivity index (χ0n) is 8.90. The molecule has 0 amide bonds. The standard InChI is InChI=1S/C10H18N2O2/c1-4-8(12-6-7(2)3)5-9(11)10(13)14/h4,6-7,9H,5,11H2,1-3H3,(H,13,14)/b8-4-,12-6?/t9-/m1/s1. The molecule has 0 aliphatic heterocycles. The highest BCUT2D eigenvalue weighted by molar-refractivity contribution is 5.73. The molecule has 0 aromatic heterocycles. The Balaban J connectivity index is 4.25. The first-order chi connectivity index (χ1) is 6.47. The maximum atomic E-state index is 10.5. The van der Waals surface area contributed by atoms with E-state index in [1.165, 1.54) is 0 Å². The third-order valence-corrected chi connectivity index (χ3v) is 1.62. The molecule has 0 aromatic rings. The SMILES string of the molecule is C/C=C(/C[C@@H](N)C(=O)O)N=CC(C)C. The molecule has 0 radical (unpaired) electrons. The van der Waals surface area contributed by atoms with Gasteiger partial charge in [0.1, 0.15) is 6.04 Å². The number of hydrogen-bond donors (Lipinski definition) is 2. The molecule has 3 N–H and O–H groups in total. The van der Waals surface area contributed by atoms with Crippen LogP contribution in [-0.4, -0.2) is 23.3 Å². The Bertz CT molecular complexity index is 245. The summed E-state index contributed by atoms with van der Waals surface area (Å²) in [6.45, 7) is 5.84. The lowest BCUT2D eigenvalue weighted by Gasteiger charge is -2.06. The van der Waals surface area contributed by atoms with Crippen LogP contribution in [-0.2, 0) is 4.79 Å². The molecule has 0 aromatic carbocycles. The van der Waals surface area contributed by atoms with Crippen LogP contribution in [0.3, 0.4) is 0 Å². The fourth-order valence-electron chi connectivity index (χ4n) is 0.803. The molecular weight excluding hydrogens is 180 g/mol. The molecule has 0 spiro atoms. The third-order valence-electron chi connectivity index (χ3n) is 1.62. The van der Waals surface area contributed by atoms with Gasteiger partial charge in [0.25, 0.3) is 0 Å². The highest BCUT2D eigenvalue weighted by Crippen LogP contribution is 2.06. The number of nitrogens with two attached hydrogens (primary N) is 1. The fraction of sp³-hybridized carbons (Fsp3) is 0.600. The number of carboxylic acid groups (broad SMARTS) is 1. The summed E-state index contributed by atoms with van der Waals surface area (Å²) in [7, 11) is 0. The largest absolute Gasteiger partial charge is 0.480 e. The number of allylic oxidation sites excluding steroid dienone is 1. The van der Waals surface area contributed by atoms with E-state index < -0.39 is 12.0 Å². The quantitative estimate of drug-likeness (QED) is 0.656. The van der Waals surface area contributed by atoms with Gasteiger partial charge in [0.15, 0.2) is 0 Å². The van der Waals surface area contributed by atoms with Gasteiger partial charge in [0, 0.05) is 18.3 Å².